The van der Waals surface area contributed by atoms with Crippen LogP contribution in [0.15, 0.2) is 95.9 Å². The molecule has 0 aliphatic carbocycles. The van der Waals surface area contributed by atoms with E-state index in [1.54, 1.807) is 36.4 Å². The lowest BCUT2D eigenvalue weighted by Crippen LogP contribution is -2.34. The van der Waals surface area contributed by atoms with Crippen molar-refractivity contribution in [1.82, 2.24) is 10.0 Å². The summed E-state index contributed by atoms with van der Waals surface area (Å²) in [7, 11) is -4.02. The van der Waals surface area contributed by atoms with Gasteiger partial charge in [0.2, 0.25) is 5.91 Å². The molecule has 4 aromatic carbocycles. The molecule has 4 aromatic rings. The number of carbonyl (C=O) groups excluding carboxylic acids is 2. The molecule has 40 heavy (non-hydrogen) atoms. The molecule has 1 unspecified atom stereocenters. The minimum absolute atomic E-state index is 0.0414. The molecule has 0 aliphatic heterocycles. The van der Waals surface area contributed by atoms with Gasteiger partial charge in [0.1, 0.15) is 0 Å². The predicted octanol–water partition coefficient (Wildman–Crippen LogP) is 5.60. The number of unbranched alkanes of at least 4 members (excludes halogenated alkanes) is 2. The number of carbonyl (C=O) groups is 2. The van der Waals surface area contributed by atoms with Crippen LogP contribution in [0.4, 0.5) is 0 Å². The number of amides is 2. The van der Waals surface area contributed by atoms with E-state index >= 15 is 0 Å². The van der Waals surface area contributed by atoms with Crippen LogP contribution in [0.2, 0.25) is 0 Å². The predicted molar refractivity (Wildman–Crippen MR) is 155 cm³/mol. The van der Waals surface area contributed by atoms with Gasteiger partial charge in [0.25, 0.3) is 15.9 Å². The lowest BCUT2D eigenvalue weighted by molar-refractivity contribution is -0.121. The first kappa shape index (κ1) is 28.5. The molecule has 8 heteroatoms. The lowest BCUT2D eigenvalue weighted by atomic mass is 9.91. The van der Waals surface area contributed by atoms with Gasteiger partial charge in [-0.05, 0) is 66.4 Å². The van der Waals surface area contributed by atoms with Gasteiger partial charge in [-0.2, -0.15) is 5.26 Å². The van der Waals surface area contributed by atoms with Crippen molar-refractivity contribution in [3.8, 4) is 6.07 Å². The molecule has 0 spiro atoms. The van der Waals surface area contributed by atoms with Crippen molar-refractivity contribution in [2.24, 2.45) is 0 Å². The van der Waals surface area contributed by atoms with E-state index in [9.17, 15) is 18.0 Å². The standard InChI is InChI=1S/C32H31N3O4S/c1-23-13-17-29(18-14-23)40(38,39)35-32(37)30(27-16-15-25-9-4-5-10-26(25)21-27)12-3-2-6-19-34-31(36)28-11-7-8-24(20-28)22-33/h4-5,7-11,13-18,20-21,30H,2-3,6,12,19H2,1H3,(H,34,36)(H,35,37). The van der Waals surface area contributed by atoms with Crippen molar-refractivity contribution in [2.75, 3.05) is 6.54 Å². The third kappa shape index (κ3) is 7.33. The summed E-state index contributed by atoms with van der Waals surface area (Å²) in [5.74, 6) is -1.47. The number of fused-ring (bicyclic) bond motifs is 1. The highest BCUT2D eigenvalue weighted by atomic mass is 32.2. The molecule has 0 aliphatic rings. The molecule has 4 rings (SSSR count). The first-order valence-electron chi connectivity index (χ1n) is 13.2. The Morgan fingerprint density at radius 2 is 1.60 bits per heavy atom. The van der Waals surface area contributed by atoms with Crippen LogP contribution in [0, 0.1) is 18.3 Å². The fraction of sp³-hybridized carbons (Fsp3) is 0.219. The monoisotopic (exact) mass is 553 g/mol. The fourth-order valence-corrected chi connectivity index (χ4v) is 5.56. The van der Waals surface area contributed by atoms with E-state index < -0.39 is 21.8 Å². The molecule has 0 fully saturated rings. The highest BCUT2D eigenvalue weighted by Crippen LogP contribution is 2.27. The number of sulfonamides is 1. The summed E-state index contributed by atoms with van der Waals surface area (Å²) < 4.78 is 28.2. The number of rotatable bonds is 11. The van der Waals surface area contributed by atoms with Gasteiger partial charge in [-0.25, -0.2) is 13.1 Å². The van der Waals surface area contributed by atoms with Crippen molar-refractivity contribution < 1.29 is 18.0 Å². The van der Waals surface area contributed by atoms with Gasteiger partial charge >= 0.3 is 0 Å². The summed E-state index contributed by atoms with van der Waals surface area (Å²) in [5, 5.41) is 13.9. The van der Waals surface area contributed by atoms with Crippen molar-refractivity contribution in [2.45, 2.75) is 43.4 Å². The summed E-state index contributed by atoms with van der Waals surface area (Å²) in [6, 6.07) is 28.5. The number of aryl methyl sites for hydroxylation is 1. The molecule has 0 bridgehead atoms. The van der Waals surface area contributed by atoms with Crippen molar-refractivity contribution >= 4 is 32.6 Å². The molecule has 204 valence electrons. The highest BCUT2D eigenvalue weighted by Gasteiger charge is 2.26. The van der Waals surface area contributed by atoms with Crippen molar-refractivity contribution in [3.63, 3.8) is 0 Å². The second-order valence-electron chi connectivity index (χ2n) is 9.74. The van der Waals surface area contributed by atoms with Gasteiger partial charge in [0.15, 0.2) is 0 Å². The second-order valence-corrected chi connectivity index (χ2v) is 11.4. The maximum Gasteiger partial charge on any atom is 0.264 e. The average molecular weight is 554 g/mol. The normalized spacial score (nSPS) is 11.9. The Hall–Kier alpha value is -4.48. The zero-order chi connectivity index (χ0) is 28.5. The molecule has 0 radical (unpaired) electrons. The minimum Gasteiger partial charge on any atom is -0.352 e. The van der Waals surface area contributed by atoms with Gasteiger partial charge < -0.3 is 5.32 Å². The SMILES string of the molecule is Cc1ccc(S(=O)(=O)NC(=O)C(CCCCCNC(=O)c2cccc(C#N)c2)c2ccc3ccccc3c2)cc1. The lowest BCUT2D eigenvalue weighted by Gasteiger charge is -2.18. The largest absolute Gasteiger partial charge is 0.352 e. The first-order valence-corrected chi connectivity index (χ1v) is 14.7. The van der Waals surface area contributed by atoms with Crippen LogP contribution in [0.1, 0.15) is 58.6 Å². The smallest absolute Gasteiger partial charge is 0.264 e. The number of benzene rings is 4. The molecule has 2 N–H and O–H groups in total. The van der Waals surface area contributed by atoms with E-state index in [1.165, 1.54) is 12.1 Å². The van der Waals surface area contributed by atoms with E-state index in [2.05, 4.69) is 10.0 Å². The van der Waals surface area contributed by atoms with Gasteiger partial charge in [0, 0.05) is 12.1 Å². The Morgan fingerprint density at radius 1 is 0.850 bits per heavy atom. The van der Waals surface area contributed by atoms with Crippen LogP contribution >= 0.6 is 0 Å². The minimum atomic E-state index is -4.02. The summed E-state index contributed by atoms with van der Waals surface area (Å²) >= 11 is 0. The van der Waals surface area contributed by atoms with Crippen LogP contribution in [0.3, 0.4) is 0 Å². The summed E-state index contributed by atoms with van der Waals surface area (Å²) in [6.45, 7) is 2.31. The van der Waals surface area contributed by atoms with E-state index in [0.29, 0.717) is 36.9 Å². The van der Waals surface area contributed by atoms with Gasteiger partial charge in [-0.15, -0.1) is 0 Å². The summed E-state index contributed by atoms with van der Waals surface area (Å²) in [5.41, 5.74) is 2.53. The molecule has 1 atom stereocenters. The average Bonchev–Trinajstić information content (AvgIpc) is 2.96. The second kappa shape index (κ2) is 13.0. The third-order valence-electron chi connectivity index (χ3n) is 6.77. The number of nitriles is 1. The number of hydrogen-bond donors (Lipinski definition) is 2. The van der Waals surface area contributed by atoms with Crippen LogP contribution in [-0.4, -0.2) is 26.8 Å². The van der Waals surface area contributed by atoms with Gasteiger partial charge in [-0.3, -0.25) is 9.59 Å². The molecule has 0 heterocycles. The topological polar surface area (TPSA) is 116 Å². The van der Waals surface area contributed by atoms with Crippen LogP contribution < -0.4 is 10.0 Å². The quantitative estimate of drug-likeness (QED) is 0.235. The van der Waals surface area contributed by atoms with Gasteiger partial charge in [-0.1, -0.05) is 79.1 Å². The molecule has 2 amide bonds. The Balaban J connectivity index is 1.40. The van der Waals surface area contributed by atoms with Gasteiger partial charge in [0.05, 0.1) is 22.4 Å². The maximum absolute atomic E-state index is 13.4. The number of hydrogen-bond acceptors (Lipinski definition) is 5. The summed E-state index contributed by atoms with van der Waals surface area (Å²) in [4.78, 5) is 25.8. The van der Waals surface area contributed by atoms with E-state index in [1.807, 2.05) is 55.5 Å². The third-order valence-corrected chi connectivity index (χ3v) is 8.13. The van der Waals surface area contributed by atoms with Crippen LogP contribution in [0.5, 0.6) is 0 Å². The van der Waals surface area contributed by atoms with Crippen LogP contribution in [-0.2, 0) is 14.8 Å². The number of nitrogens with one attached hydrogen (secondary N) is 2. The Morgan fingerprint density at radius 3 is 2.35 bits per heavy atom. The van der Waals surface area contributed by atoms with Crippen molar-refractivity contribution in [3.05, 3.63) is 113 Å². The molecular weight excluding hydrogens is 522 g/mol. The fourth-order valence-electron chi connectivity index (χ4n) is 4.54. The Labute approximate surface area is 234 Å². The summed E-state index contributed by atoms with van der Waals surface area (Å²) in [6.07, 6.45) is 2.54. The Kier molecular flexibility index (Phi) is 9.31. The zero-order valence-corrected chi connectivity index (χ0v) is 23.1. The van der Waals surface area contributed by atoms with E-state index in [4.69, 9.17) is 5.26 Å². The highest BCUT2D eigenvalue weighted by molar-refractivity contribution is 7.90. The van der Waals surface area contributed by atoms with Crippen LogP contribution in [0.25, 0.3) is 10.8 Å². The number of nitrogens with zero attached hydrogens (tertiary/aromatic N) is 1. The molecule has 0 saturated carbocycles. The first-order chi connectivity index (χ1) is 19.3. The molecular formula is C32H31N3O4S. The molecule has 7 nitrogen and oxygen atoms in total. The molecule has 0 saturated heterocycles. The van der Waals surface area contributed by atoms with E-state index in [0.717, 1.165) is 28.3 Å². The van der Waals surface area contributed by atoms with E-state index in [-0.39, 0.29) is 10.8 Å². The van der Waals surface area contributed by atoms with Crippen molar-refractivity contribution in [1.29, 1.82) is 5.26 Å². The molecule has 0 aromatic heterocycles. The zero-order valence-electron chi connectivity index (χ0n) is 22.3. The Bertz CT molecular complexity index is 1660. The maximum atomic E-state index is 13.4.